The topological polar surface area (TPSA) is 54.5 Å². The van der Waals surface area contributed by atoms with Gasteiger partial charge in [0.15, 0.2) is 10.2 Å². The van der Waals surface area contributed by atoms with Crippen LogP contribution in [0, 0.1) is 0 Å². The van der Waals surface area contributed by atoms with Gasteiger partial charge in [-0.1, -0.05) is 41.7 Å². The largest absolute Gasteiger partial charge is 0.486 e. The molecule has 2 aromatic rings. The molecule has 6 heteroatoms. The number of nitrogens with one attached hydrogen (secondary N) is 1. The fourth-order valence-corrected chi connectivity index (χ4v) is 3.15. The molecule has 1 aromatic heterocycles. The highest BCUT2D eigenvalue weighted by Gasteiger charge is 2.27. The van der Waals surface area contributed by atoms with Crippen molar-refractivity contribution in [2.75, 3.05) is 25.5 Å². The maximum absolute atomic E-state index is 12.2. The molecule has 1 atom stereocenters. The Morgan fingerprint density at radius 2 is 2.24 bits per heavy atom. The maximum Gasteiger partial charge on any atom is 0.323 e. The number of carbonyl (C=O) groups is 1. The molecule has 1 aromatic carbocycles. The average molecular weight is 303 g/mol. The zero-order valence-electron chi connectivity index (χ0n) is 11.8. The van der Waals surface area contributed by atoms with Gasteiger partial charge < -0.3 is 9.64 Å². The summed E-state index contributed by atoms with van der Waals surface area (Å²) in [6, 6.07) is 10.2. The second-order valence-electron chi connectivity index (χ2n) is 4.96. The van der Waals surface area contributed by atoms with Gasteiger partial charge in [0, 0.05) is 19.0 Å². The number of urea groups is 1. The molecule has 1 N–H and O–H groups in total. The number of anilines is 1. The highest BCUT2D eigenvalue weighted by atomic mass is 32.1. The predicted octanol–water partition coefficient (Wildman–Crippen LogP) is 3.17. The Morgan fingerprint density at radius 1 is 1.43 bits per heavy atom. The van der Waals surface area contributed by atoms with Crippen molar-refractivity contribution >= 4 is 22.5 Å². The minimum Gasteiger partial charge on any atom is -0.486 e. The molecule has 2 amide bonds. The van der Waals surface area contributed by atoms with Crippen LogP contribution in [0.15, 0.2) is 36.5 Å². The van der Waals surface area contributed by atoms with Gasteiger partial charge in [-0.2, -0.15) is 0 Å². The van der Waals surface area contributed by atoms with Gasteiger partial charge in [-0.25, -0.2) is 9.78 Å². The number of likely N-dealkylation sites (tertiary alicyclic amines) is 1. The molecule has 1 saturated heterocycles. The van der Waals surface area contributed by atoms with Crippen LogP contribution in [0.25, 0.3) is 0 Å². The number of ether oxygens (including phenoxy) is 1. The standard InChI is InChI=1S/C15H17N3O2S/c1-20-13-9-16-14(21-13)17-15(19)18-8-7-12(10-18)11-5-3-2-4-6-11/h2-6,9,12H,7-8,10H2,1H3,(H,16,17,19). The molecule has 2 heterocycles. The second kappa shape index (κ2) is 6.13. The van der Waals surface area contributed by atoms with E-state index in [0.717, 1.165) is 19.5 Å². The Kier molecular flexibility index (Phi) is 4.06. The predicted molar refractivity (Wildman–Crippen MR) is 83.1 cm³/mol. The Bertz CT molecular complexity index is 614. The number of amides is 2. The summed E-state index contributed by atoms with van der Waals surface area (Å²) in [5.41, 5.74) is 1.30. The van der Waals surface area contributed by atoms with E-state index in [2.05, 4.69) is 22.4 Å². The molecule has 1 fully saturated rings. The number of aromatic nitrogens is 1. The van der Waals surface area contributed by atoms with Crippen molar-refractivity contribution in [2.45, 2.75) is 12.3 Å². The van der Waals surface area contributed by atoms with E-state index < -0.39 is 0 Å². The summed E-state index contributed by atoms with van der Waals surface area (Å²) < 4.78 is 5.07. The molecular weight excluding hydrogens is 286 g/mol. The van der Waals surface area contributed by atoms with Gasteiger partial charge in [-0.3, -0.25) is 5.32 Å². The Labute approximate surface area is 127 Å². The number of nitrogens with zero attached hydrogens (tertiary/aromatic N) is 2. The van der Waals surface area contributed by atoms with Gasteiger partial charge in [-0.05, 0) is 12.0 Å². The lowest BCUT2D eigenvalue weighted by atomic mass is 9.99. The van der Waals surface area contributed by atoms with Crippen LogP contribution in [0.3, 0.4) is 0 Å². The van der Waals surface area contributed by atoms with Crippen molar-refractivity contribution in [3.63, 3.8) is 0 Å². The molecule has 1 aliphatic rings. The highest BCUT2D eigenvalue weighted by Crippen LogP contribution is 2.29. The molecule has 0 bridgehead atoms. The van der Waals surface area contributed by atoms with Crippen LogP contribution in [-0.2, 0) is 0 Å². The van der Waals surface area contributed by atoms with Crippen molar-refractivity contribution < 1.29 is 9.53 Å². The maximum atomic E-state index is 12.2. The van der Waals surface area contributed by atoms with Crippen molar-refractivity contribution in [1.29, 1.82) is 0 Å². The van der Waals surface area contributed by atoms with E-state index in [-0.39, 0.29) is 6.03 Å². The summed E-state index contributed by atoms with van der Waals surface area (Å²) in [5.74, 6) is 0.419. The van der Waals surface area contributed by atoms with E-state index in [1.807, 2.05) is 23.1 Å². The molecule has 5 nitrogen and oxygen atoms in total. The lowest BCUT2D eigenvalue weighted by Gasteiger charge is -2.16. The van der Waals surface area contributed by atoms with E-state index >= 15 is 0 Å². The molecule has 0 aliphatic carbocycles. The first-order valence-corrected chi connectivity index (χ1v) is 7.68. The van der Waals surface area contributed by atoms with Crippen molar-refractivity contribution in [3.05, 3.63) is 42.1 Å². The van der Waals surface area contributed by atoms with E-state index in [1.165, 1.54) is 16.9 Å². The minimum atomic E-state index is -0.0922. The number of carbonyl (C=O) groups excluding carboxylic acids is 1. The van der Waals surface area contributed by atoms with Gasteiger partial charge in [0.2, 0.25) is 0 Å². The first-order chi connectivity index (χ1) is 10.3. The molecular formula is C15H17N3O2S. The minimum absolute atomic E-state index is 0.0922. The first-order valence-electron chi connectivity index (χ1n) is 6.87. The molecule has 0 radical (unpaired) electrons. The van der Waals surface area contributed by atoms with Crippen LogP contribution in [-0.4, -0.2) is 36.1 Å². The SMILES string of the molecule is COc1cnc(NC(=O)N2CCC(c3ccccc3)C2)s1. The summed E-state index contributed by atoms with van der Waals surface area (Å²) in [4.78, 5) is 18.2. The first kappa shape index (κ1) is 13.9. The third-order valence-corrected chi connectivity index (χ3v) is 4.52. The van der Waals surface area contributed by atoms with Crippen molar-refractivity contribution in [1.82, 2.24) is 9.88 Å². The third-order valence-electron chi connectivity index (χ3n) is 3.65. The van der Waals surface area contributed by atoms with Crippen LogP contribution < -0.4 is 10.1 Å². The van der Waals surface area contributed by atoms with Crippen molar-refractivity contribution in [2.24, 2.45) is 0 Å². The number of hydrogen-bond acceptors (Lipinski definition) is 4. The van der Waals surface area contributed by atoms with Crippen LogP contribution in [0.1, 0.15) is 17.9 Å². The van der Waals surface area contributed by atoms with Gasteiger partial charge in [-0.15, -0.1) is 0 Å². The van der Waals surface area contributed by atoms with Crippen molar-refractivity contribution in [3.8, 4) is 5.06 Å². The lowest BCUT2D eigenvalue weighted by molar-refractivity contribution is 0.222. The molecule has 21 heavy (non-hydrogen) atoms. The molecule has 0 spiro atoms. The fraction of sp³-hybridized carbons (Fsp3) is 0.333. The van der Waals surface area contributed by atoms with E-state index in [9.17, 15) is 4.79 Å². The second-order valence-corrected chi connectivity index (χ2v) is 5.95. The summed E-state index contributed by atoms with van der Waals surface area (Å²) in [6.45, 7) is 1.52. The molecule has 110 valence electrons. The lowest BCUT2D eigenvalue weighted by Crippen LogP contribution is -2.32. The number of thiazole rings is 1. The monoisotopic (exact) mass is 303 g/mol. The summed E-state index contributed by atoms with van der Waals surface area (Å²) in [5, 5.41) is 4.08. The average Bonchev–Trinajstić information content (AvgIpc) is 3.17. The zero-order valence-corrected chi connectivity index (χ0v) is 12.6. The zero-order chi connectivity index (χ0) is 14.7. The fourth-order valence-electron chi connectivity index (χ4n) is 2.52. The number of hydrogen-bond donors (Lipinski definition) is 1. The van der Waals surface area contributed by atoms with Gasteiger partial charge in [0.25, 0.3) is 0 Å². The quantitative estimate of drug-likeness (QED) is 0.947. The highest BCUT2D eigenvalue weighted by molar-refractivity contribution is 7.17. The molecule has 1 aliphatic heterocycles. The number of methoxy groups -OCH3 is 1. The third kappa shape index (κ3) is 3.16. The van der Waals surface area contributed by atoms with Crippen LogP contribution >= 0.6 is 11.3 Å². The van der Waals surface area contributed by atoms with Gasteiger partial charge in [0.05, 0.1) is 13.3 Å². The Balaban J connectivity index is 1.59. The Morgan fingerprint density at radius 3 is 2.95 bits per heavy atom. The van der Waals surface area contributed by atoms with Crippen LogP contribution in [0.2, 0.25) is 0 Å². The number of rotatable bonds is 3. The molecule has 0 saturated carbocycles. The normalized spacial score (nSPS) is 17.8. The number of benzene rings is 1. The smallest absolute Gasteiger partial charge is 0.323 e. The van der Waals surface area contributed by atoms with Gasteiger partial charge >= 0.3 is 6.03 Å². The molecule has 3 rings (SSSR count). The van der Waals surface area contributed by atoms with Crippen LogP contribution in [0.5, 0.6) is 5.06 Å². The summed E-state index contributed by atoms with van der Waals surface area (Å²) in [6.07, 6.45) is 2.61. The van der Waals surface area contributed by atoms with E-state index in [4.69, 9.17) is 4.74 Å². The van der Waals surface area contributed by atoms with Crippen LogP contribution in [0.4, 0.5) is 9.93 Å². The van der Waals surface area contributed by atoms with Gasteiger partial charge in [0.1, 0.15) is 0 Å². The Hall–Kier alpha value is -2.08. The summed E-state index contributed by atoms with van der Waals surface area (Å²) in [7, 11) is 1.59. The molecule has 1 unspecified atom stereocenters. The summed E-state index contributed by atoms with van der Waals surface area (Å²) >= 11 is 1.33. The van der Waals surface area contributed by atoms with E-state index in [1.54, 1.807) is 13.3 Å². The van der Waals surface area contributed by atoms with E-state index in [0.29, 0.717) is 16.1 Å².